The second-order valence-corrected chi connectivity index (χ2v) is 9.64. The van der Waals surface area contributed by atoms with E-state index >= 15 is 0 Å². The maximum atomic E-state index is 13.5. The monoisotopic (exact) mass is 406 g/mol. The quantitative estimate of drug-likeness (QED) is 0.769. The van der Waals surface area contributed by atoms with Crippen molar-refractivity contribution in [3.8, 4) is 0 Å². The standard InChI is InChI=1S/C24H30N4O2/c1-25-18(12-16-6-2-4-8-19(16)25)14-26-10-11-27-22(15-26)24(30)28-20-9-5-3-7-17(20)13-21(28)23(27)29/h2,4,6,8,12,17,20-22H,3,5,7,9-11,13-15H2,1H3. The number of aromatic nitrogens is 1. The van der Waals surface area contributed by atoms with Crippen molar-refractivity contribution in [3.63, 3.8) is 0 Å². The van der Waals surface area contributed by atoms with Crippen LogP contribution in [0.15, 0.2) is 30.3 Å². The molecule has 6 rings (SSSR count). The summed E-state index contributed by atoms with van der Waals surface area (Å²) in [4.78, 5) is 33.1. The first-order valence-electron chi connectivity index (χ1n) is 11.5. The number of benzene rings is 1. The minimum atomic E-state index is -0.308. The van der Waals surface area contributed by atoms with Gasteiger partial charge in [-0.1, -0.05) is 31.0 Å². The molecule has 4 aliphatic rings. The van der Waals surface area contributed by atoms with Gasteiger partial charge in [-0.25, -0.2) is 0 Å². The van der Waals surface area contributed by atoms with E-state index in [1.54, 1.807) is 0 Å². The van der Waals surface area contributed by atoms with Gasteiger partial charge in [0.2, 0.25) is 11.8 Å². The van der Waals surface area contributed by atoms with Crippen LogP contribution in [0.5, 0.6) is 0 Å². The fraction of sp³-hybridized carbons (Fsp3) is 0.583. The van der Waals surface area contributed by atoms with Crippen LogP contribution < -0.4 is 0 Å². The van der Waals surface area contributed by atoms with E-state index in [1.807, 2.05) is 9.80 Å². The Labute approximate surface area is 177 Å². The topological polar surface area (TPSA) is 48.8 Å². The fourth-order valence-corrected chi connectivity index (χ4v) is 6.55. The number of piperazine rings is 2. The van der Waals surface area contributed by atoms with Crippen LogP contribution >= 0.6 is 0 Å². The van der Waals surface area contributed by atoms with Crippen molar-refractivity contribution in [2.24, 2.45) is 13.0 Å². The Morgan fingerprint density at radius 2 is 1.83 bits per heavy atom. The lowest BCUT2D eigenvalue weighted by Gasteiger charge is -2.49. The van der Waals surface area contributed by atoms with Gasteiger partial charge in [0, 0.05) is 50.5 Å². The van der Waals surface area contributed by atoms with Gasteiger partial charge in [0.15, 0.2) is 0 Å². The smallest absolute Gasteiger partial charge is 0.247 e. The third-order valence-corrected chi connectivity index (χ3v) is 8.10. The lowest BCUT2D eigenvalue weighted by Crippen LogP contribution is -2.69. The summed E-state index contributed by atoms with van der Waals surface area (Å²) in [7, 11) is 2.11. The molecule has 158 valence electrons. The summed E-state index contributed by atoms with van der Waals surface area (Å²) < 4.78 is 2.25. The van der Waals surface area contributed by atoms with E-state index in [4.69, 9.17) is 0 Å². The van der Waals surface area contributed by atoms with Crippen LogP contribution in [0, 0.1) is 5.92 Å². The highest BCUT2D eigenvalue weighted by molar-refractivity contribution is 5.98. The second kappa shape index (κ2) is 6.84. The Morgan fingerprint density at radius 3 is 2.70 bits per heavy atom. The molecular weight excluding hydrogens is 376 g/mol. The average molecular weight is 407 g/mol. The van der Waals surface area contributed by atoms with Gasteiger partial charge in [-0.05, 0) is 42.7 Å². The van der Waals surface area contributed by atoms with Gasteiger partial charge in [0.1, 0.15) is 12.1 Å². The highest BCUT2D eigenvalue weighted by Gasteiger charge is 2.55. The number of carbonyl (C=O) groups excluding carboxylic acids is 2. The second-order valence-electron chi connectivity index (χ2n) is 9.64. The highest BCUT2D eigenvalue weighted by Crippen LogP contribution is 2.43. The number of hydrogen-bond acceptors (Lipinski definition) is 3. The molecule has 4 heterocycles. The Bertz CT molecular complexity index is 1010. The van der Waals surface area contributed by atoms with Crippen molar-refractivity contribution in [2.45, 2.75) is 56.8 Å². The Morgan fingerprint density at radius 1 is 1.00 bits per heavy atom. The molecule has 4 atom stereocenters. The van der Waals surface area contributed by atoms with E-state index in [2.05, 4.69) is 46.8 Å². The van der Waals surface area contributed by atoms with Crippen LogP contribution in [0.4, 0.5) is 0 Å². The van der Waals surface area contributed by atoms with Gasteiger partial charge in [-0.3, -0.25) is 14.5 Å². The van der Waals surface area contributed by atoms with Crippen LogP contribution in [-0.2, 0) is 23.2 Å². The number of para-hydroxylation sites is 1. The summed E-state index contributed by atoms with van der Waals surface area (Å²) in [6, 6.07) is 10.5. The van der Waals surface area contributed by atoms with Crippen molar-refractivity contribution in [3.05, 3.63) is 36.0 Å². The zero-order valence-corrected chi connectivity index (χ0v) is 17.7. The molecule has 4 unspecified atom stereocenters. The molecule has 6 nitrogen and oxygen atoms in total. The van der Waals surface area contributed by atoms with Gasteiger partial charge in [-0.15, -0.1) is 0 Å². The molecule has 3 saturated heterocycles. The lowest BCUT2D eigenvalue weighted by atomic mass is 9.85. The summed E-state index contributed by atoms with van der Waals surface area (Å²) in [5, 5.41) is 1.25. The number of aryl methyl sites for hydroxylation is 1. The largest absolute Gasteiger partial charge is 0.346 e. The zero-order valence-electron chi connectivity index (χ0n) is 17.7. The van der Waals surface area contributed by atoms with Gasteiger partial charge < -0.3 is 14.4 Å². The van der Waals surface area contributed by atoms with Crippen LogP contribution in [-0.4, -0.2) is 68.8 Å². The maximum Gasteiger partial charge on any atom is 0.247 e. The lowest BCUT2D eigenvalue weighted by molar-refractivity contribution is -0.165. The molecule has 2 aromatic rings. The van der Waals surface area contributed by atoms with Crippen molar-refractivity contribution < 1.29 is 9.59 Å². The number of carbonyl (C=O) groups is 2. The molecule has 1 aromatic carbocycles. The van der Waals surface area contributed by atoms with E-state index in [0.29, 0.717) is 25.0 Å². The molecule has 0 N–H and O–H groups in total. The Hall–Kier alpha value is -2.34. The number of amides is 2. The normalized spacial score (nSPS) is 31.8. The summed E-state index contributed by atoms with van der Waals surface area (Å²) in [6.45, 7) is 2.95. The number of rotatable bonds is 2. The van der Waals surface area contributed by atoms with E-state index in [9.17, 15) is 9.59 Å². The fourth-order valence-electron chi connectivity index (χ4n) is 6.55. The van der Waals surface area contributed by atoms with Crippen molar-refractivity contribution in [2.75, 3.05) is 19.6 Å². The molecular formula is C24H30N4O2. The highest BCUT2D eigenvalue weighted by atomic mass is 16.2. The van der Waals surface area contributed by atoms with Crippen LogP contribution in [0.2, 0.25) is 0 Å². The number of hydrogen-bond donors (Lipinski definition) is 0. The first kappa shape index (κ1) is 18.4. The van der Waals surface area contributed by atoms with E-state index in [1.165, 1.54) is 35.9 Å². The third kappa shape index (κ3) is 2.66. The molecule has 1 saturated carbocycles. The van der Waals surface area contributed by atoms with E-state index < -0.39 is 0 Å². The Kier molecular flexibility index (Phi) is 4.20. The van der Waals surface area contributed by atoms with Gasteiger partial charge >= 0.3 is 0 Å². The first-order valence-corrected chi connectivity index (χ1v) is 11.5. The van der Waals surface area contributed by atoms with E-state index in [-0.39, 0.29) is 23.9 Å². The average Bonchev–Trinajstić information content (AvgIpc) is 3.31. The minimum absolute atomic E-state index is 0.188. The molecule has 0 spiro atoms. The number of nitrogens with zero attached hydrogens (tertiary/aromatic N) is 4. The van der Waals surface area contributed by atoms with Crippen LogP contribution in [0.1, 0.15) is 37.8 Å². The molecule has 30 heavy (non-hydrogen) atoms. The summed E-state index contributed by atoms with van der Waals surface area (Å²) in [5.41, 5.74) is 2.49. The summed E-state index contributed by atoms with van der Waals surface area (Å²) in [5.74, 6) is 0.943. The van der Waals surface area contributed by atoms with Gasteiger partial charge in [0.25, 0.3) is 0 Å². The molecule has 4 fully saturated rings. The Balaban J connectivity index is 1.24. The van der Waals surface area contributed by atoms with Crippen LogP contribution in [0.25, 0.3) is 10.9 Å². The molecule has 1 aliphatic carbocycles. The molecule has 2 amide bonds. The van der Waals surface area contributed by atoms with Crippen LogP contribution in [0.3, 0.4) is 0 Å². The van der Waals surface area contributed by atoms with Crippen molar-refractivity contribution in [1.82, 2.24) is 19.3 Å². The molecule has 1 aromatic heterocycles. The van der Waals surface area contributed by atoms with Gasteiger partial charge in [-0.2, -0.15) is 0 Å². The van der Waals surface area contributed by atoms with Crippen molar-refractivity contribution >= 4 is 22.7 Å². The summed E-state index contributed by atoms with van der Waals surface area (Å²) in [6.07, 6.45) is 5.57. The number of fused-ring (bicyclic) bond motifs is 5. The maximum absolute atomic E-state index is 13.5. The predicted octanol–water partition coefficient (Wildman–Crippen LogP) is 2.36. The minimum Gasteiger partial charge on any atom is -0.346 e. The zero-order chi connectivity index (χ0) is 20.4. The van der Waals surface area contributed by atoms with E-state index in [0.717, 1.165) is 25.9 Å². The SMILES string of the molecule is Cn1c(CN2CCN3C(=O)C4CC5CCCCC5N4C(=O)C3C2)cc2ccccc21. The molecule has 3 aliphatic heterocycles. The summed E-state index contributed by atoms with van der Waals surface area (Å²) >= 11 is 0. The first-order chi connectivity index (χ1) is 14.6. The van der Waals surface area contributed by atoms with Gasteiger partial charge in [0.05, 0.1) is 0 Å². The van der Waals surface area contributed by atoms with Crippen molar-refractivity contribution in [1.29, 1.82) is 0 Å². The third-order valence-electron chi connectivity index (χ3n) is 8.10. The predicted molar refractivity (Wildman–Crippen MR) is 115 cm³/mol. The molecule has 0 bridgehead atoms. The molecule has 0 radical (unpaired) electrons. The molecule has 6 heteroatoms.